The second kappa shape index (κ2) is 5.79. The Hall–Kier alpha value is -1.98. The van der Waals surface area contributed by atoms with Crippen LogP contribution in [0.25, 0.3) is 0 Å². The topological polar surface area (TPSA) is 85.4 Å². The Morgan fingerprint density at radius 2 is 2.05 bits per heavy atom. The molecule has 0 radical (unpaired) electrons. The fourth-order valence-corrected chi connectivity index (χ4v) is 3.03. The summed E-state index contributed by atoms with van der Waals surface area (Å²) < 4.78 is 0. The molecule has 6 heteroatoms. The number of hydrogen-bond donors (Lipinski definition) is 3. The second-order valence-electron chi connectivity index (χ2n) is 6.19. The summed E-state index contributed by atoms with van der Waals surface area (Å²) in [7, 11) is 0. The van der Waals surface area contributed by atoms with Gasteiger partial charge in [0.1, 0.15) is 5.69 Å². The molecule has 1 aliphatic heterocycles. The quantitative estimate of drug-likeness (QED) is 0.783. The number of likely N-dealkylation sites (tertiary alicyclic amines) is 1. The van der Waals surface area contributed by atoms with Gasteiger partial charge in [-0.2, -0.15) is 0 Å². The van der Waals surface area contributed by atoms with E-state index in [-0.39, 0.29) is 17.8 Å². The minimum absolute atomic E-state index is 0.0200. The Morgan fingerprint density at radius 3 is 2.67 bits per heavy atom. The van der Waals surface area contributed by atoms with Crippen LogP contribution in [0.5, 0.6) is 0 Å². The van der Waals surface area contributed by atoms with E-state index in [1.165, 1.54) is 0 Å². The molecule has 0 spiro atoms. The number of carboxylic acids is 1. The first-order chi connectivity index (χ1) is 9.79. The number of amides is 2. The Kier molecular flexibility index (Phi) is 4.25. The predicted octanol–water partition coefficient (Wildman–Crippen LogP) is 2.92. The monoisotopic (exact) mass is 293 g/mol. The van der Waals surface area contributed by atoms with Gasteiger partial charge in [0, 0.05) is 18.3 Å². The number of aromatic carboxylic acids is 1. The molecule has 0 saturated carbocycles. The third-order valence-corrected chi connectivity index (χ3v) is 4.27. The van der Waals surface area contributed by atoms with Crippen molar-refractivity contribution in [2.75, 3.05) is 11.9 Å². The lowest BCUT2D eigenvalue weighted by Crippen LogP contribution is -2.50. The van der Waals surface area contributed by atoms with Crippen LogP contribution >= 0.6 is 0 Å². The summed E-state index contributed by atoms with van der Waals surface area (Å²) in [6.07, 6.45) is 1.11. The molecular formula is C15H23N3O3. The number of nitrogens with zero attached hydrogens (tertiary/aromatic N) is 1. The van der Waals surface area contributed by atoms with E-state index in [1.54, 1.807) is 17.9 Å². The molecule has 2 rings (SSSR count). The van der Waals surface area contributed by atoms with Crippen molar-refractivity contribution in [3.05, 3.63) is 17.5 Å². The molecule has 3 N–H and O–H groups in total. The predicted molar refractivity (Wildman–Crippen MR) is 80.6 cm³/mol. The Balaban J connectivity index is 2.16. The molecule has 1 aliphatic rings. The summed E-state index contributed by atoms with van der Waals surface area (Å²) in [4.78, 5) is 28.2. The molecule has 0 aliphatic carbocycles. The van der Waals surface area contributed by atoms with Crippen LogP contribution in [0.4, 0.5) is 10.5 Å². The van der Waals surface area contributed by atoms with Crippen LogP contribution in [0.15, 0.2) is 6.07 Å². The van der Waals surface area contributed by atoms with Gasteiger partial charge in [0.15, 0.2) is 0 Å². The maximum atomic E-state index is 12.5. The number of aromatic amines is 1. The number of aromatic nitrogens is 1. The van der Waals surface area contributed by atoms with Gasteiger partial charge in [-0.15, -0.1) is 0 Å². The number of hydrogen-bond acceptors (Lipinski definition) is 2. The number of carbonyl (C=O) groups excluding carboxylic acids is 1. The fourth-order valence-electron chi connectivity index (χ4n) is 3.03. The van der Waals surface area contributed by atoms with Gasteiger partial charge in [-0.05, 0) is 38.2 Å². The number of H-pyrrole nitrogens is 1. The van der Waals surface area contributed by atoms with Crippen molar-refractivity contribution in [3.63, 3.8) is 0 Å². The van der Waals surface area contributed by atoms with E-state index in [4.69, 9.17) is 5.11 Å². The fraction of sp³-hybridized carbons (Fsp3) is 0.600. The van der Waals surface area contributed by atoms with Crippen LogP contribution < -0.4 is 5.32 Å². The number of piperidine rings is 1. The molecule has 1 aromatic heterocycles. The van der Waals surface area contributed by atoms with Crippen molar-refractivity contribution in [2.45, 2.75) is 40.2 Å². The van der Waals surface area contributed by atoms with Crippen LogP contribution in [0, 0.1) is 18.8 Å². The average Bonchev–Trinajstić information content (AvgIpc) is 2.74. The highest BCUT2D eigenvalue weighted by atomic mass is 16.4. The number of anilines is 1. The van der Waals surface area contributed by atoms with Crippen LogP contribution in [-0.4, -0.2) is 39.6 Å². The molecule has 1 aromatic rings. The molecule has 2 amide bonds. The normalized spacial score (nSPS) is 25.7. The van der Waals surface area contributed by atoms with E-state index in [0.717, 1.165) is 6.42 Å². The average molecular weight is 293 g/mol. The SMILES string of the molecule is Cc1cc(NC(=O)N2CC(C)CC(C)C2C)c(C(=O)O)[nH]1. The number of aryl methyl sites for hydroxylation is 1. The summed E-state index contributed by atoms with van der Waals surface area (Å²) in [5.74, 6) is -0.188. The summed E-state index contributed by atoms with van der Waals surface area (Å²) in [6, 6.07) is 1.56. The lowest BCUT2D eigenvalue weighted by atomic mass is 9.86. The summed E-state index contributed by atoms with van der Waals surface area (Å²) in [5.41, 5.74) is 1.05. The number of urea groups is 1. The van der Waals surface area contributed by atoms with Crippen LogP contribution in [-0.2, 0) is 0 Å². The molecule has 1 fully saturated rings. The zero-order chi connectivity index (χ0) is 15.7. The molecule has 21 heavy (non-hydrogen) atoms. The van der Waals surface area contributed by atoms with E-state index in [0.29, 0.717) is 29.8 Å². The number of rotatable bonds is 2. The van der Waals surface area contributed by atoms with Gasteiger partial charge >= 0.3 is 12.0 Å². The molecule has 1 saturated heterocycles. The summed E-state index contributed by atoms with van der Waals surface area (Å²) >= 11 is 0. The van der Waals surface area contributed by atoms with Crippen molar-refractivity contribution in [1.82, 2.24) is 9.88 Å². The molecule has 0 aromatic carbocycles. The van der Waals surface area contributed by atoms with Gasteiger partial charge in [-0.1, -0.05) is 13.8 Å². The number of carboxylic acid groups (broad SMARTS) is 1. The third kappa shape index (κ3) is 3.20. The van der Waals surface area contributed by atoms with Crippen molar-refractivity contribution >= 4 is 17.7 Å². The van der Waals surface area contributed by atoms with Gasteiger partial charge < -0.3 is 20.3 Å². The Morgan fingerprint density at radius 1 is 1.38 bits per heavy atom. The van der Waals surface area contributed by atoms with E-state index in [2.05, 4.69) is 24.1 Å². The minimum atomic E-state index is -1.08. The van der Waals surface area contributed by atoms with Crippen molar-refractivity contribution in [2.24, 2.45) is 11.8 Å². The van der Waals surface area contributed by atoms with Crippen molar-refractivity contribution < 1.29 is 14.7 Å². The van der Waals surface area contributed by atoms with Gasteiger partial charge in [-0.3, -0.25) is 0 Å². The maximum Gasteiger partial charge on any atom is 0.354 e. The van der Waals surface area contributed by atoms with E-state index < -0.39 is 5.97 Å². The highest BCUT2D eigenvalue weighted by Crippen LogP contribution is 2.28. The number of carbonyl (C=O) groups is 2. The van der Waals surface area contributed by atoms with Gasteiger partial charge in [-0.25, -0.2) is 9.59 Å². The van der Waals surface area contributed by atoms with Gasteiger partial charge in [0.2, 0.25) is 0 Å². The largest absolute Gasteiger partial charge is 0.477 e. The second-order valence-corrected chi connectivity index (χ2v) is 6.19. The standard InChI is InChI=1S/C15H23N3O3/c1-8-5-9(2)11(4)18(7-8)15(21)17-12-6-10(3)16-13(12)14(19)20/h6,8-9,11,16H,5,7H2,1-4H3,(H,17,21)(H,19,20). The lowest BCUT2D eigenvalue weighted by Gasteiger charge is -2.40. The number of nitrogens with one attached hydrogen (secondary N) is 2. The maximum absolute atomic E-state index is 12.5. The van der Waals surface area contributed by atoms with E-state index >= 15 is 0 Å². The highest BCUT2D eigenvalue weighted by Gasteiger charge is 2.32. The molecular weight excluding hydrogens is 270 g/mol. The first kappa shape index (κ1) is 15.4. The van der Waals surface area contributed by atoms with Crippen LogP contribution in [0.1, 0.15) is 43.4 Å². The molecule has 116 valence electrons. The summed E-state index contributed by atoms with van der Waals surface area (Å²) in [5, 5.41) is 11.9. The van der Waals surface area contributed by atoms with E-state index in [9.17, 15) is 9.59 Å². The minimum Gasteiger partial charge on any atom is -0.477 e. The smallest absolute Gasteiger partial charge is 0.354 e. The third-order valence-electron chi connectivity index (χ3n) is 4.27. The Bertz CT molecular complexity index is 552. The van der Waals surface area contributed by atoms with Gasteiger partial charge in [0.05, 0.1) is 5.69 Å². The Labute approximate surface area is 124 Å². The lowest BCUT2D eigenvalue weighted by molar-refractivity contribution is 0.0692. The van der Waals surface area contributed by atoms with E-state index in [1.807, 2.05) is 6.92 Å². The van der Waals surface area contributed by atoms with Gasteiger partial charge in [0.25, 0.3) is 0 Å². The molecule has 6 nitrogen and oxygen atoms in total. The van der Waals surface area contributed by atoms with Crippen molar-refractivity contribution in [1.29, 1.82) is 0 Å². The van der Waals surface area contributed by atoms with Crippen molar-refractivity contribution in [3.8, 4) is 0 Å². The highest BCUT2D eigenvalue weighted by molar-refractivity contribution is 5.99. The van der Waals surface area contributed by atoms with Crippen LogP contribution in [0.2, 0.25) is 0 Å². The molecule has 2 heterocycles. The zero-order valence-corrected chi connectivity index (χ0v) is 12.9. The first-order valence-corrected chi connectivity index (χ1v) is 7.30. The van der Waals surface area contributed by atoms with Crippen LogP contribution in [0.3, 0.4) is 0 Å². The summed E-state index contributed by atoms with van der Waals surface area (Å²) in [6.45, 7) is 8.77. The molecule has 3 unspecified atom stereocenters. The molecule has 3 atom stereocenters. The zero-order valence-electron chi connectivity index (χ0n) is 12.9. The molecule has 0 bridgehead atoms. The first-order valence-electron chi connectivity index (χ1n) is 7.30.